The van der Waals surface area contributed by atoms with Gasteiger partial charge in [0.1, 0.15) is 0 Å². The van der Waals surface area contributed by atoms with Crippen molar-refractivity contribution < 1.29 is 9.18 Å². The van der Waals surface area contributed by atoms with Gasteiger partial charge in [0.25, 0.3) is 5.91 Å². The second-order valence-electron chi connectivity index (χ2n) is 6.67. The molecule has 4 rings (SSSR count). The summed E-state index contributed by atoms with van der Waals surface area (Å²) in [4.78, 5) is 22.7. The summed E-state index contributed by atoms with van der Waals surface area (Å²) in [7, 11) is 0. The average molecular weight is 382 g/mol. The molecule has 0 unspecified atom stereocenters. The van der Waals surface area contributed by atoms with E-state index in [1.807, 2.05) is 23.6 Å². The Balaban J connectivity index is 1.62. The zero-order chi connectivity index (χ0) is 18.9. The van der Waals surface area contributed by atoms with Crippen molar-refractivity contribution in [3.8, 4) is 0 Å². The molecule has 2 aromatic heterocycles. The predicted octanol–water partition coefficient (Wildman–Crippen LogP) is 3.48. The van der Waals surface area contributed by atoms with Gasteiger partial charge in [-0.05, 0) is 24.5 Å². The van der Waals surface area contributed by atoms with Crippen LogP contribution in [0.25, 0.3) is 0 Å². The first-order chi connectivity index (χ1) is 13.1. The Bertz CT molecular complexity index is 951. The minimum atomic E-state index is -0.588. The molecule has 1 amide bonds. The number of carbonyl (C=O) groups excluding carboxylic acids is 1. The molecule has 0 spiro atoms. The van der Waals surface area contributed by atoms with Crippen LogP contribution in [0.4, 0.5) is 9.52 Å². The van der Waals surface area contributed by atoms with Gasteiger partial charge in [0.05, 0.1) is 17.5 Å². The summed E-state index contributed by atoms with van der Waals surface area (Å²) in [6.45, 7) is 1.04. The highest BCUT2D eigenvalue weighted by Crippen LogP contribution is 2.42. The molecule has 1 saturated heterocycles. The molecular weight excluding hydrogens is 363 g/mol. The van der Waals surface area contributed by atoms with E-state index in [1.165, 1.54) is 23.6 Å². The van der Waals surface area contributed by atoms with Gasteiger partial charge in [0.15, 0.2) is 10.9 Å². The van der Waals surface area contributed by atoms with Crippen LogP contribution >= 0.6 is 11.3 Å². The smallest absolute Gasteiger partial charge is 0.256 e. The van der Waals surface area contributed by atoms with Crippen LogP contribution in [0.15, 0.2) is 54.2 Å². The van der Waals surface area contributed by atoms with E-state index < -0.39 is 5.82 Å². The number of halogens is 1. The maximum Gasteiger partial charge on any atom is 0.256 e. The molecule has 138 valence electrons. The SMILES string of the molecule is Nc1nc(C2(c3ccccc3)CCN(C(=O)c3ccncc3F)CC2)cs1. The van der Waals surface area contributed by atoms with E-state index in [0.29, 0.717) is 31.1 Å². The third kappa shape index (κ3) is 3.19. The molecule has 1 aliphatic heterocycles. The monoisotopic (exact) mass is 382 g/mol. The fraction of sp³-hybridized carbons (Fsp3) is 0.250. The van der Waals surface area contributed by atoms with Gasteiger partial charge in [-0.1, -0.05) is 30.3 Å². The number of hydrogen-bond donors (Lipinski definition) is 1. The van der Waals surface area contributed by atoms with Gasteiger partial charge in [-0.25, -0.2) is 9.37 Å². The van der Waals surface area contributed by atoms with Gasteiger partial charge in [-0.15, -0.1) is 11.3 Å². The Morgan fingerprint density at radius 1 is 1.19 bits per heavy atom. The number of pyridine rings is 1. The van der Waals surface area contributed by atoms with Crippen molar-refractivity contribution in [1.29, 1.82) is 0 Å². The van der Waals surface area contributed by atoms with Crippen molar-refractivity contribution >= 4 is 22.4 Å². The number of carbonyl (C=O) groups is 1. The van der Waals surface area contributed by atoms with Crippen molar-refractivity contribution in [2.45, 2.75) is 18.3 Å². The zero-order valence-electron chi connectivity index (χ0n) is 14.6. The molecule has 1 fully saturated rings. The molecular formula is C20H19FN4OS. The molecule has 7 heteroatoms. The molecule has 1 aliphatic rings. The molecule has 2 N–H and O–H groups in total. The average Bonchev–Trinajstić information content (AvgIpc) is 3.15. The van der Waals surface area contributed by atoms with Crippen molar-refractivity contribution in [2.24, 2.45) is 0 Å². The first kappa shape index (κ1) is 17.6. The Labute approximate surface area is 160 Å². The number of nitrogens with zero attached hydrogens (tertiary/aromatic N) is 3. The van der Waals surface area contributed by atoms with Crippen molar-refractivity contribution in [2.75, 3.05) is 18.8 Å². The van der Waals surface area contributed by atoms with Gasteiger partial charge in [0, 0.05) is 30.1 Å². The Morgan fingerprint density at radius 3 is 2.56 bits per heavy atom. The lowest BCUT2D eigenvalue weighted by Gasteiger charge is -2.41. The van der Waals surface area contributed by atoms with Crippen LogP contribution in [0, 0.1) is 5.82 Å². The molecule has 0 bridgehead atoms. The number of aromatic nitrogens is 2. The molecule has 3 aromatic rings. The Kier molecular flexibility index (Phi) is 4.61. The van der Waals surface area contributed by atoms with E-state index in [1.54, 1.807) is 4.90 Å². The minimum Gasteiger partial charge on any atom is -0.375 e. The highest BCUT2D eigenvalue weighted by Gasteiger charge is 2.41. The van der Waals surface area contributed by atoms with Gasteiger partial charge in [-0.2, -0.15) is 0 Å². The third-order valence-electron chi connectivity index (χ3n) is 5.25. The number of nitrogens with two attached hydrogens (primary N) is 1. The predicted molar refractivity (Wildman–Crippen MR) is 103 cm³/mol. The number of thiazole rings is 1. The highest BCUT2D eigenvalue weighted by molar-refractivity contribution is 7.13. The van der Waals surface area contributed by atoms with E-state index in [2.05, 4.69) is 22.1 Å². The summed E-state index contributed by atoms with van der Waals surface area (Å²) >= 11 is 1.43. The molecule has 3 heterocycles. The first-order valence-electron chi connectivity index (χ1n) is 8.76. The second-order valence-corrected chi connectivity index (χ2v) is 7.56. The van der Waals surface area contributed by atoms with E-state index >= 15 is 0 Å². The Hall–Kier alpha value is -2.80. The molecule has 0 saturated carbocycles. The third-order valence-corrected chi connectivity index (χ3v) is 5.92. The minimum absolute atomic E-state index is 0.0649. The molecule has 0 atom stereocenters. The molecule has 0 aliphatic carbocycles. The fourth-order valence-corrected chi connectivity index (χ4v) is 4.43. The summed E-state index contributed by atoms with van der Waals surface area (Å²) in [6.07, 6.45) is 3.92. The number of rotatable bonds is 3. The number of likely N-dealkylation sites (tertiary alicyclic amines) is 1. The number of anilines is 1. The lowest BCUT2D eigenvalue weighted by atomic mass is 9.70. The number of nitrogen functional groups attached to an aromatic ring is 1. The van der Waals surface area contributed by atoms with Crippen molar-refractivity contribution in [3.05, 3.63) is 76.8 Å². The van der Waals surface area contributed by atoms with Gasteiger partial charge >= 0.3 is 0 Å². The lowest BCUT2D eigenvalue weighted by Crippen LogP contribution is -2.46. The van der Waals surface area contributed by atoms with Gasteiger partial charge < -0.3 is 10.6 Å². The summed E-state index contributed by atoms with van der Waals surface area (Å²) in [5.41, 5.74) is 7.77. The Morgan fingerprint density at radius 2 is 1.93 bits per heavy atom. The fourth-order valence-electron chi connectivity index (χ4n) is 3.77. The summed E-state index contributed by atoms with van der Waals surface area (Å²) < 4.78 is 13.9. The molecule has 1 aromatic carbocycles. The van der Waals surface area contributed by atoms with Crippen LogP contribution in [-0.2, 0) is 5.41 Å². The summed E-state index contributed by atoms with van der Waals surface area (Å²) in [5.74, 6) is -0.885. The van der Waals surface area contributed by atoms with Crippen LogP contribution in [0.2, 0.25) is 0 Å². The zero-order valence-corrected chi connectivity index (χ0v) is 15.5. The maximum atomic E-state index is 13.9. The summed E-state index contributed by atoms with van der Waals surface area (Å²) in [5, 5.41) is 2.54. The number of benzene rings is 1. The maximum absolute atomic E-state index is 13.9. The van der Waals surface area contributed by atoms with Crippen molar-refractivity contribution in [3.63, 3.8) is 0 Å². The van der Waals surface area contributed by atoms with Gasteiger partial charge in [0.2, 0.25) is 0 Å². The van der Waals surface area contributed by atoms with E-state index in [4.69, 9.17) is 5.73 Å². The molecule has 27 heavy (non-hydrogen) atoms. The molecule has 5 nitrogen and oxygen atoms in total. The first-order valence-corrected chi connectivity index (χ1v) is 9.64. The quantitative estimate of drug-likeness (QED) is 0.753. The van der Waals surface area contributed by atoms with Crippen molar-refractivity contribution in [1.82, 2.24) is 14.9 Å². The summed E-state index contributed by atoms with van der Waals surface area (Å²) in [6, 6.07) is 11.6. The van der Waals surface area contributed by atoms with Crippen LogP contribution in [0.5, 0.6) is 0 Å². The van der Waals surface area contributed by atoms with Gasteiger partial charge in [-0.3, -0.25) is 9.78 Å². The lowest BCUT2D eigenvalue weighted by molar-refractivity contribution is 0.0679. The number of piperidine rings is 1. The highest BCUT2D eigenvalue weighted by atomic mass is 32.1. The van der Waals surface area contributed by atoms with E-state index in [-0.39, 0.29) is 16.9 Å². The van der Waals surface area contributed by atoms with E-state index in [9.17, 15) is 9.18 Å². The number of amides is 1. The van der Waals surface area contributed by atoms with Crippen LogP contribution in [0.1, 0.15) is 34.5 Å². The van der Waals surface area contributed by atoms with Crippen LogP contribution in [0.3, 0.4) is 0 Å². The van der Waals surface area contributed by atoms with Crippen LogP contribution in [-0.4, -0.2) is 33.9 Å². The molecule has 0 radical (unpaired) electrons. The van der Waals surface area contributed by atoms with E-state index in [0.717, 1.165) is 17.5 Å². The normalized spacial score (nSPS) is 16.3. The topological polar surface area (TPSA) is 72.1 Å². The standard InChI is InChI=1S/C20H19FN4OS/c21-16-12-23-9-6-15(16)18(26)25-10-7-20(8-11-25,14-4-2-1-3-5-14)17-13-27-19(22)24-17/h1-6,9,12-13H,7-8,10-11H2,(H2,22,24). The number of hydrogen-bond acceptors (Lipinski definition) is 5. The second kappa shape index (κ2) is 7.08. The largest absolute Gasteiger partial charge is 0.375 e. The van der Waals surface area contributed by atoms with Crippen LogP contribution < -0.4 is 5.73 Å².